The zero-order chi connectivity index (χ0) is 23.8. The third-order valence-electron chi connectivity index (χ3n) is 5.39. The summed E-state index contributed by atoms with van der Waals surface area (Å²) in [5.74, 6) is 0.102. The number of nitrogens with zero attached hydrogens (tertiary/aromatic N) is 5. The second kappa shape index (κ2) is 8.21. The standard InChI is InChI=1S/C25H17N5O4/c1-16-26-22(15-17-11-13-19(14-12-17)30(33)34)25(32)28(16)29-23(18-7-3-2-4-8-18)27-21-10-6-5-9-20(21)24(29)31/h2-15H,1H3. The van der Waals surface area contributed by atoms with Gasteiger partial charge in [-0.25, -0.2) is 9.98 Å². The number of fused-ring (bicyclic) bond motifs is 1. The van der Waals surface area contributed by atoms with Crippen LogP contribution in [0.25, 0.3) is 28.4 Å². The first-order valence-electron chi connectivity index (χ1n) is 10.4. The summed E-state index contributed by atoms with van der Waals surface area (Å²) in [5.41, 5.74) is 1.40. The van der Waals surface area contributed by atoms with Crippen molar-refractivity contribution in [2.75, 3.05) is 5.01 Å². The Morgan fingerprint density at radius 1 is 0.912 bits per heavy atom. The SMILES string of the molecule is CC1=NC(=Cc2ccc([N+](=O)[O-])cc2)C(=O)N1n1c(-c2ccccc2)nc2ccccc2c1=O. The van der Waals surface area contributed by atoms with E-state index in [2.05, 4.69) is 9.98 Å². The number of hydrogen-bond donors (Lipinski definition) is 0. The van der Waals surface area contributed by atoms with E-state index in [0.29, 0.717) is 33.7 Å². The summed E-state index contributed by atoms with van der Waals surface area (Å²) in [7, 11) is 0. The van der Waals surface area contributed by atoms with Crippen LogP contribution in [0.3, 0.4) is 0 Å². The van der Waals surface area contributed by atoms with Gasteiger partial charge in [-0.1, -0.05) is 42.5 Å². The summed E-state index contributed by atoms with van der Waals surface area (Å²) in [4.78, 5) is 46.4. The number of nitro groups is 1. The maximum absolute atomic E-state index is 13.6. The predicted octanol–water partition coefficient (Wildman–Crippen LogP) is 3.91. The molecule has 1 aliphatic rings. The van der Waals surface area contributed by atoms with Crippen molar-refractivity contribution in [3.8, 4) is 11.4 Å². The number of nitro benzene ring substituents is 1. The Balaban J connectivity index is 1.65. The zero-order valence-electron chi connectivity index (χ0n) is 18.0. The molecule has 0 bridgehead atoms. The average Bonchev–Trinajstić information content (AvgIpc) is 3.12. The summed E-state index contributed by atoms with van der Waals surface area (Å²) in [6.07, 6.45) is 1.53. The summed E-state index contributed by atoms with van der Waals surface area (Å²) >= 11 is 0. The van der Waals surface area contributed by atoms with Crippen LogP contribution in [0.4, 0.5) is 5.69 Å². The first kappa shape index (κ1) is 21.0. The van der Waals surface area contributed by atoms with E-state index in [4.69, 9.17) is 0 Å². The Hall–Kier alpha value is -4.92. The highest BCUT2D eigenvalue weighted by molar-refractivity contribution is 6.23. The first-order valence-corrected chi connectivity index (χ1v) is 10.4. The minimum absolute atomic E-state index is 0.0532. The minimum Gasteiger partial charge on any atom is -0.267 e. The number of benzene rings is 3. The molecule has 3 aromatic carbocycles. The fourth-order valence-corrected chi connectivity index (χ4v) is 3.79. The quantitative estimate of drug-likeness (QED) is 0.265. The number of hydrogen-bond acceptors (Lipinski definition) is 6. The number of para-hydroxylation sites is 1. The van der Waals surface area contributed by atoms with Gasteiger partial charge < -0.3 is 0 Å². The lowest BCUT2D eigenvalue weighted by atomic mass is 10.1. The lowest BCUT2D eigenvalue weighted by molar-refractivity contribution is -0.384. The van der Waals surface area contributed by atoms with Crippen LogP contribution >= 0.6 is 0 Å². The van der Waals surface area contributed by atoms with Gasteiger partial charge in [-0.2, -0.15) is 9.69 Å². The summed E-state index contributed by atoms with van der Waals surface area (Å²) < 4.78 is 1.25. The van der Waals surface area contributed by atoms with Crippen LogP contribution < -0.4 is 10.6 Å². The second-order valence-electron chi connectivity index (χ2n) is 7.59. The maximum atomic E-state index is 13.6. The van der Waals surface area contributed by atoms with Crippen LogP contribution in [-0.2, 0) is 4.79 Å². The molecule has 0 spiro atoms. The van der Waals surface area contributed by atoms with Gasteiger partial charge in [0.05, 0.1) is 15.8 Å². The van der Waals surface area contributed by atoms with E-state index in [9.17, 15) is 19.7 Å². The summed E-state index contributed by atoms with van der Waals surface area (Å²) in [6, 6.07) is 21.9. The van der Waals surface area contributed by atoms with Crippen molar-refractivity contribution in [1.82, 2.24) is 9.66 Å². The molecule has 1 aromatic heterocycles. The molecule has 0 N–H and O–H groups in total. The van der Waals surface area contributed by atoms with Gasteiger partial charge in [0.25, 0.3) is 17.2 Å². The average molecular weight is 451 g/mol. The Labute approximate surface area is 193 Å². The van der Waals surface area contributed by atoms with Crippen LogP contribution in [-0.4, -0.2) is 26.3 Å². The van der Waals surface area contributed by atoms with Crippen molar-refractivity contribution in [3.63, 3.8) is 0 Å². The highest BCUT2D eigenvalue weighted by atomic mass is 16.6. The van der Waals surface area contributed by atoms with Gasteiger partial charge in [-0.3, -0.25) is 19.7 Å². The Kier molecular flexibility index (Phi) is 5.06. The number of aromatic nitrogens is 2. The number of rotatable bonds is 4. The fraction of sp³-hybridized carbons (Fsp3) is 0.0400. The molecule has 166 valence electrons. The number of amidine groups is 1. The normalized spacial score (nSPS) is 14.6. The van der Waals surface area contributed by atoms with E-state index in [1.165, 1.54) is 40.0 Å². The molecule has 9 heteroatoms. The molecule has 34 heavy (non-hydrogen) atoms. The van der Waals surface area contributed by atoms with E-state index >= 15 is 0 Å². The van der Waals surface area contributed by atoms with E-state index in [0.717, 1.165) is 0 Å². The molecule has 0 atom stereocenters. The monoisotopic (exact) mass is 451 g/mol. The van der Waals surface area contributed by atoms with Gasteiger partial charge >= 0.3 is 0 Å². The molecule has 0 unspecified atom stereocenters. The molecule has 4 aromatic rings. The smallest absolute Gasteiger partial charge is 0.267 e. The van der Waals surface area contributed by atoms with Crippen LogP contribution in [0.2, 0.25) is 0 Å². The van der Waals surface area contributed by atoms with E-state index < -0.39 is 16.4 Å². The topological polar surface area (TPSA) is 111 Å². The molecule has 9 nitrogen and oxygen atoms in total. The first-order chi connectivity index (χ1) is 16.4. The molecule has 1 aliphatic heterocycles. The third-order valence-corrected chi connectivity index (χ3v) is 5.39. The second-order valence-corrected chi connectivity index (χ2v) is 7.59. The van der Waals surface area contributed by atoms with Crippen LogP contribution in [0, 0.1) is 10.1 Å². The van der Waals surface area contributed by atoms with Gasteiger partial charge in [-0.05, 0) is 42.8 Å². The molecular formula is C25H17N5O4. The third kappa shape index (κ3) is 3.55. The van der Waals surface area contributed by atoms with E-state index in [-0.39, 0.29) is 11.4 Å². The lowest BCUT2D eigenvalue weighted by Crippen LogP contribution is -2.47. The van der Waals surface area contributed by atoms with Gasteiger partial charge in [-0.15, -0.1) is 0 Å². The van der Waals surface area contributed by atoms with Crippen molar-refractivity contribution >= 4 is 34.4 Å². The van der Waals surface area contributed by atoms with Gasteiger partial charge in [0.15, 0.2) is 5.82 Å². The lowest BCUT2D eigenvalue weighted by Gasteiger charge is -2.22. The van der Waals surface area contributed by atoms with Gasteiger partial charge in [0, 0.05) is 17.7 Å². The zero-order valence-corrected chi connectivity index (χ0v) is 18.0. The van der Waals surface area contributed by atoms with Gasteiger partial charge in [0.1, 0.15) is 11.5 Å². The molecule has 0 saturated carbocycles. The summed E-state index contributed by atoms with van der Waals surface area (Å²) in [6.45, 7) is 1.63. The fourth-order valence-electron chi connectivity index (χ4n) is 3.79. The molecule has 5 rings (SSSR count). The highest BCUT2D eigenvalue weighted by Gasteiger charge is 2.32. The van der Waals surface area contributed by atoms with Crippen LogP contribution in [0.1, 0.15) is 12.5 Å². The molecule has 0 radical (unpaired) electrons. The maximum Gasteiger partial charge on any atom is 0.297 e. The number of aliphatic imine (C=N–C) groups is 1. The molecule has 0 saturated heterocycles. The Morgan fingerprint density at radius 2 is 1.59 bits per heavy atom. The molecule has 0 aliphatic carbocycles. The largest absolute Gasteiger partial charge is 0.297 e. The number of amides is 1. The summed E-state index contributed by atoms with van der Waals surface area (Å²) in [5, 5.41) is 12.5. The van der Waals surface area contributed by atoms with E-state index in [1.54, 1.807) is 31.2 Å². The minimum atomic E-state index is -0.507. The van der Waals surface area contributed by atoms with E-state index in [1.807, 2.05) is 30.3 Å². The Bertz CT molecular complexity index is 1570. The van der Waals surface area contributed by atoms with Crippen molar-refractivity contribution in [1.29, 1.82) is 0 Å². The molecule has 1 amide bonds. The molecule has 2 heterocycles. The number of carbonyl (C=O) groups is 1. The number of carbonyl (C=O) groups excluding carboxylic acids is 1. The predicted molar refractivity (Wildman–Crippen MR) is 129 cm³/mol. The van der Waals surface area contributed by atoms with Crippen molar-refractivity contribution in [3.05, 3.63) is 111 Å². The Morgan fingerprint density at radius 3 is 2.29 bits per heavy atom. The van der Waals surface area contributed by atoms with Crippen molar-refractivity contribution in [2.24, 2.45) is 4.99 Å². The van der Waals surface area contributed by atoms with Gasteiger partial charge in [0.2, 0.25) is 0 Å². The van der Waals surface area contributed by atoms with Crippen molar-refractivity contribution in [2.45, 2.75) is 6.92 Å². The highest BCUT2D eigenvalue weighted by Crippen LogP contribution is 2.24. The molecular weight excluding hydrogens is 434 g/mol. The molecule has 0 fully saturated rings. The number of non-ortho nitro benzene ring substituents is 1. The van der Waals surface area contributed by atoms with Crippen LogP contribution in [0.5, 0.6) is 0 Å². The van der Waals surface area contributed by atoms with Crippen molar-refractivity contribution < 1.29 is 9.72 Å². The van der Waals surface area contributed by atoms with Crippen LogP contribution in [0.15, 0.2) is 94.3 Å².